The van der Waals surface area contributed by atoms with E-state index >= 15 is 0 Å². The van der Waals surface area contributed by atoms with Crippen LogP contribution < -0.4 is 24.4 Å². The van der Waals surface area contributed by atoms with Crippen LogP contribution in [0.1, 0.15) is 81.5 Å². The van der Waals surface area contributed by atoms with Gasteiger partial charge in [0.25, 0.3) is 5.91 Å². The molecular weight excluding hydrogens is 719 g/mol. The number of ether oxygens (including phenoxy) is 3. The molecule has 1 fully saturated rings. The van der Waals surface area contributed by atoms with Gasteiger partial charge in [-0.1, -0.05) is 49.5 Å². The number of amides is 3. The zero-order valence-corrected chi connectivity index (χ0v) is 33.1. The summed E-state index contributed by atoms with van der Waals surface area (Å²) in [5.74, 6) is 0.580. The van der Waals surface area contributed by atoms with E-state index in [1.54, 1.807) is 24.0 Å². The minimum atomic E-state index is -1.11. The second kappa shape index (κ2) is 18.1. The summed E-state index contributed by atoms with van der Waals surface area (Å²) in [6.07, 6.45) is 7.93. The number of aryl methyl sites for hydroxylation is 1. The van der Waals surface area contributed by atoms with Crippen LogP contribution in [0.25, 0.3) is 21.6 Å². The van der Waals surface area contributed by atoms with Crippen molar-refractivity contribution < 1.29 is 33.7 Å². The Morgan fingerprint density at radius 2 is 1.80 bits per heavy atom. The third-order valence-corrected chi connectivity index (χ3v) is 11.2. The van der Waals surface area contributed by atoms with Crippen molar-refractivity contribution in [1.29, 1.82) is 0 Å². The molecule has 13 heteroatoms. The number of carboxylic acid groups (broad SMARTS) is 1. The van der Waals surface area contributed by atoms with E-state index in [9.17, 15) is 19.5 Å². The van der Waals surface area contributed by atoms with E-state index in [-0.39, 0.29) is 31.3 Å². The largest absolute Gasteiger partial charge is 0.497 e. The van der Waals surface area contributed by atoms with E-state index in [0.717, 1.165) is 58.6 Å². The number of thiazole rings is 1. The van der Waals surface area contributed by atoms with Crippen LogP contribution in [0.15, 0.2) is 60.0 Å². The number of aliphatic carboxylic acids is 1. The number of aromatic nitrogens is 2. The number of carbonyl (C=O) groups is 3. The van der Waals surface area contributed by atoms with Gasteiger partial charge in [0.05, 0.1) is 38.4 Å². The Morgan fingerprint density at radius 1 is 1.02 bits per heavy atom. The predicted octanol–water partition coefficient (Wildman–Crippen LogP) is 7.57. The smallest absolute Gasteiger partial charge is 0.468 e. The Hall–Kier alpha value is -5.01. The van der Waals surface area contributed by atoms with Gasteiger partial charge in [-0.25, -0.2) is 19.6 Å². The molecule has 3 unspecified atom stereocenters. The molecule has 2 aromatic carbocycles. The molecule has 2 aliphatic rings. The first-order valence-corrected chi connectivity index (χ1v) is 19.9. The summed E-state index contributed by atoms with van der Waals surface area (Å²) in [5.41, 5.74) is 4.10. The van der Waals surface area contributed by atoms with Crippen molar-refractivity contribution in [3.05, 3.63) is 76.8 Å². The molecule has 0 bridgehead atoms. The fraction of sp³-hybridized carbons (Fsp3) is 0.452. The lowest BCUT2D eigenvalue weighted by atomic mass is 10.1. The first-order chi connectivity index (χ1) is 26.6. The molecule has 2 aliphatic heterocycles. The van der Waals surface area contributed by atoms with Crippen LogP contribution in [0.5, 0.6) is 17.2 Å². The van der Waals surface area contributed by atoms with Crippen molar-refractivity contribution >= 4 is 40.1 Å². The van der Waals surface area contributed by atoms with Gasteiger partial charge in [-0.3, -0.25) is 9.69 Å². The van der Waals surface area contributed by atoms with E-state index < -0.39 is 30.1 Å². The number of hydrogen-bond donors (Lipinski definition) is 2. The van der Waals surface area contributed by atoms with E-state index in [4.69, 9.17) is 24.2 Å². The van der Waals surface area contributed by atoms with E-state index in [1.165, 1.54) is 11.3 Å². The fourth-order valence-corrected chi connectivity index (χ4v) is 8.08. The minimum Gasteiger partial charge on any atom is -0.497 e. The number of nitrogens with zero attached hydrogens (tertiary/aromatic N) is 4. The molecule has 4 heterocycles. The maximum absolute atomic E-state index is 14.7. The van der Waals surface area contributed by atoms with Crippen LogP contribution >= 0.6 is 11.3 Å². The number of nitrogens with one attached hydrogen (secondary N) is 1. The Kier molecular flexibility index (Phi) is 13.0. The Labute approximate surface area is 326 Å². The van der Waals surface area contributed by atoms with Crippen molar-refractivity contribution in [3.63, 3.8) is 0 Å². The van der Waals surface area contributed by atoms with E-state index in [0.29, 0.717) is 42.2 Å². The number of carboxylic acids is 1. The Morgan fingerprint density at radius 3 is 2.51 bits per heavy atom. The van der Waals surface area contributed by atoms with Gasteiger partial charge in [-0.05, 0) is 74.8 Å². The molecule has 3 amide bonds. The lowest BCUT2D eigenvalue weighted by Crippen LogP contribution is -2.56. The Bertz CT molecular complexity index is 2010. The molecule has 3 atom stereocenters. The fourth-order valence-electron chi connectivity index (χ4n) is 7.14. The summed E-state index contributed by atoms with van der Waals surface area (Å²) >= 11 is 1.52. The quantitative estimate of drug-likeness (QED) is 0.130. The molecule has 0 aliphatic carbocycles. The number of urea groups is 1. The highest BCUT2D eigenvalue weighted by Crippen LogP contribution is 2.38. The van der Waals surface area contributed by atoms with Gasteiger partial charge in [0.2, 0.25) is 6.04 Å². The first kappa shape index (κ1) is 39.7. The second-order valence-corrected chi connectivity index (χ2v) is 15.4. The minimum absolute atomic E-state index is 0.125. The van der Waals surface area contributed by atoms with Gasteiger partial charge in [0.1, 0.15) is 34.0 Å². The Balaban J connectivity index is 1.36. The van der Waals surface area contributed by atoms with E-state index in [2.05, 4.69) is 25.2 Å². The molecular formula is C42H51N5O7S+. The number of pyridine rings is 1. The second-order valence-electron chi connectivity index (χ2n) is 14.5. The molecule has 2 N–H and O–H groups in total. The van der Waals surface area contributed by atoms with Crippen LogP contribution in [0.3, 0.4) is 0 Å². The molecule has 2 aromatic heterocycles. The standard InChI is InChI=1S/C42H51N5O7S/c1-26(2)34-25-55-40(45-34)33-22-37(31-18-19-36(53-5)27(3)38(31)43-33)54-30-21-35-39(48)44-32(41(49)50)13-11-9-7-6-8-10-12-20-46(42(51)47(35)24-30)23-28-14-16-29(52-4)17-15-28/h7,9,14-19,22,25-26,30,32,35H,6,8,10-13,20-21,23-24H2,1-5H3,(H,44,48)(H,49,50)/q+1. The van der Waals surface area contributed by atoms with Gasteiger partial charge in [0.15, 0.2) is 12.6 Å². The third kappa shape index (κ3) is 9.45. The van der Waals surface area contributed by atoms with Crippen molar-refractivity contribution in [2.75, 3.05) is 27.3 Å². The maximum atomic E-state index is 14.7. The van der Waals surface area contributed by atoms with Crippen molar-refractivity contribution in [2.45, 2.75) is 96.4 Å². The highest BCUT2D eigenvalue weighted by molar-refractivity contribution is 7.13. The third-order valence-electron chi connectivity index (χ3n) is 10.3. The predicted molar refractivity (Wildman–Crippen MR) is 213 cm³/mol. The lowest BCUT2D eigenvalue weighted by molar-refractivity contribution is -0.142. The number of hydrogen-bond acceptors (Lipinski definition) is 9. The SMILES string of the molecule is COc1ccc(CN2CCCCCC=CCCC(C(=O)O)NC(=O)C3CC(Oc4cc(-c5nc(C(C)C)cs5)nc5c(C)c(OC)ccc45)C[N+]3C2=O)cc1. The monoisotopic (exact) mass is 769 g/mol. The van der Waals surface area contributed by atoms with Gasteiger partial charge in [-0.2, -0.15) is 0 Å². The molecule has 55 heavy (non-hydrogen) atoms. The summed E-state index contributed by atoms with van der Waals surface area (Å²) in [5, 5.41) is 16.4. The first-order valence-electron chi connectivity index (χ1n) is 19.0. The summed E-state index contributed by atoms with van der Waals surface area (Å²) in [4.78, 5) is 54.3. The van der Waals surface area contributed by atoms with Gasteiger partial charge < -0.3 is 24.6 Å². The van der Waals surface area contributed by atoms with Crippen LogP contribution in [0.4, 0.5) is 4.79 Å². The number of allylic oxidation sites excluding steroid dienone is 2. The molecule has 1 saturated heterocycles. The number of benzene rings is 2. The summed E-state index contributed by atoms with van der Waals surface area (Å²) in [6.45, 7) is 7.10. The zero-order valence-electron chi connectivity index (χ0n) is 32.2. The molecule has 0 saturated carbocycles. The number of methoxy groups -OCH3 is 2. The van der Waals surface area contributed by atoms with Crippen molar-refractivity contribution in [3.8, 4) is 28.0 Å². The normalized spacial score (nSPS) is 20.4. The van der Waals surface area contributed by atoms with Crippen LogP contribution in [-0.2, 0) is 16.1 Å². The molecule has 0 spiro atoms. The number of rotatable bonds is 9. The summed E-state index contributed by atoms with van der Waals surface area (Å²) < 4.78 is 17.8. The molecule has 291 valence electrons. The zero-order chi connectivity index (χ0) is 39.1. The highest BCUT2D eigenvalue weighted by Gasteiger charge is 2.53. The van der Waals surface area contributed by atoms with Crippen LogP contribution in [0, 0.1) is 6.92 Å². The van der Waals surface area contributed by atoms with Crippen molar-refractivity contribution in [2.24, 2.45) is 0 Å². The topological polar surface area (TPSA) is 146 Å². The van der Waals surface area contributed by atoms with E-state index in [1.807, 2.05) is 60.8 Å². The van der Waals surface area contributed by atoms with Gasteiger partial charge >= 0.3 is 12.0 Å². The highest BCUT2D eigenvalue weighted by atomic mass is 32.1. The van der Waals surface area contributed by atoms with Gasteiger partial charge in [-0.15, -0.1) is 11.3 Å². The average Bonchev–Trinajstić information content (AvgIpc) is 3.85. The summed E-state index contributed by atoms with van der Waals surface area (Å²) in [7, 11) is 3.23. The number of fused-ring (bicyclic) bond motifs is 2. The van der Waals surface area contributed by atoms with Gasteiger partial charge in [0, 0.05) is 28.9 Å². The molecule has 4 aromatic rings. The molecule has 1 radical (unpaired) electrons. The van der Waals surface area contributed by atoms with Crippen molar-refractivity contribution in [1.82, 2.24) is 25.1 Å². The molecule has 12 nitrogen and oxygen atoms in total. The summed E-state index contributed by atoms with van der Waals surface area (Å²) in [6, 6.07) is 10.9. The maximum Gasteiger partial charge on any atom is 0.468 e. The average molecular weight is 770 g/mol. The number of carbonyl (C=O) groups excluding carboxylic acids is 2. The molecule has 6 rings (SSSR count). The van der Waals surface area contributed by atoms with Crippen LogP contribution in [-0.4, -0.2) is 83.4 Å². The lowest BCUT2D eigenvalue weighted by Gasteiger charge is -2.24. The van der Waals surface area contributed by atoms with Crippen LogP contribution in [0.2, 0.25) is 0 Å².